The average Bonchev–Trinajstić information content (AvgIpc) is 3.51. The van der Waals surface area contributed by atoms with Crippen LogP contribution in [0.15, 0.2) is 89.6 Å². The molecule has 6 nitrogen and oxygen atoms in total. The zero-order valence-electron chi connectivity index (χ0n) is 19.1. The van der Waals surface area contributed by atoms with E-state index < -0.39 is 0 Å². The Labute approximate surface area is 198 Å². The molecule has 6 rings (SSSR count). The summed E-state index contributed by atoms with van der Waals surface area (Å²) in [6, 6.07) is 24.3. The van der Waals surface area contributed by atoms with E-state index in [2.05, 4.69) is 40.3 Å². The van der Waals surface area contributed by atoms with Crippen LogP contribution in [0, 0.1) is 6.92 Å². The van der Waals surface area contributed by atoms with Crippen molar-refractivity contribution in [1.29, 1.82) is 0 Å². The zero-order valence-corrected chi connectivity index (χ0v) is 19.1. The van der Waals surface area contributed by atoms with Gasteiger partial charge in [0.05, 0.1) is 11.4 Å². The van der Waals surface area contributed by atoms with Crippen molar-refractivity contribution in [2.75, 3.05) is 6.54 Å². The molecule has 0 bridgehead atoms. The second kappa shape index (κ2) is 8.72. The van der Waals surface area contributed by atoms with Crippen LogP contribution >= 0.6 is 0 Å². The van der Waals surface area contributed by atoms with E-state index in [0.717, 1.165) is 71.6 Å². The van der Waals surface area contributed by atoms with Crippen LogP contribution in [-0.4, -0.2) is 31.2 Å². The van der Waals surface area contributed by atoms with Crippen LogP contribution in [0.2, 0.25) is 0 Å². The minimum atomic E-state index is 0.780. The molecule has 6 heteroatoms. The Kier molecular flexibility index (Phi) is 5.28. The zero-order chi connectivity index (χ0) is 22.9. The number of benzene rings is 2. The van der Waals surface area contributed by atoms with Gasteiger partial charge in [-0.25, -0.2) is 14.6 Å². The van der Waals surface area contributed by atoms with Gasteiger partial charge in [-0.15, -0.1) is 0 Å². The highest BCUT2D eigenvalue weighted by Gasteiger charge is 2.22. The van der Waals surface area contributed by atoms with Gasteiger partial charge in [0.2, 0.25) is 0 Å². The molecule has 1 aliphatic heterocycles. The fourth-order valence-corrected chi connectivity index (χ4v) is 4.48. The van der Waals surface area contributed by atoms with Crippen molar-refractivity contribution in [2.45, 2.75) is 26.4 Å². The van der Waals surface area contributed by atoms with Gasteiger partial charge in [0.25, 0.3) is 0 Å². The van der Waals surface area contributed by atoms with Crippen LogP contribution in [0.25, 0.3) is 28.5 Å². The lowest BCUT2D eigenvalue weighted by Gasteiger charge is -2.27. The fraction of sp³-hybridized carbons (Fsp3) is 0.179. The van der Waals surface area contributed by atoms with Crippen LogP contribution in [0.3, 0.4) is 0 Å². The largest absolute Gasteiger partial charge is 0.460 e. The van der Waals surface area contributed by atoms with E-state index in [1.165, 1.54) is 5.56 Å². The van der Waals surface area contributed by atoms with Gasteiger partial charge in [0.1, 0.15) is 11.5 Å². The smallest absolute Gasteiger partial charge is 0.159 e. The highest BCUT2D eigenvalue weighted by molar-refractivity contribution is 5.58. The Bertz CT molecular complexity index is 1420. The molecule has 3 aromatic heterocycles. The maximum atomic E-state index is 5.95. The van der Waals surface area contributed by atoms with Crippen LogP contribution in [0.5, 0.6) is 0 Å². The van der Waals surface area contributed by atoms with Crippen LogP contribution in [0.1, 0.15) is 22.6 Å². The molecule has 0 unspecified atom stereocenters. The number of fused-ring (bicyclic) bond motifs is 1. The molecule has 2 aromatic carbocycles. The highest BCUT2D eigenvalue weighted by Crippen LogP contribution is 2.28. The summed E-state index contributed by atoms with van der Waals surface area (Å²) in [6.07, 6.45) is 5.01. The van der Waals surface area contributed by atoms with Crippen molar-refractivity contribution in [3.8, 4) is 28.5 Å². The summed E-state index contributed by atoms with van der Waals surface area (Å²) in [4.78, 5) is 11.9. The van der Waals surface area contributed by atoms with Gasteiger partial charge in [-0.3, -0.25) is 4.90 Å². The number of hydrogen-bond acceptors (Lipinski definition) is 5. The molecule has 0 saturated carbocycles. The summed E-state index contributed by atoms with van der Waals surface area (Å²) in [5.41, 5.74) is 6.45. The Morgan fingerprint density at radius 1 is 0.941 bits per heavy atom. The first-order chi connectivity index (χ1) is 16.7. The quantitative estimate of drug-likeness (QED) is 0.358. The molecule has 4 heterocycles. The number of aromatic nitrogens is 4. The van der Waals surface area contributed by atoms with Crippen LogP contribution in [0.4, 0.5) is 0 Å². The third-order valence-electron chi connectivity index (χ3n) is 6.22. The summed E-state index contributed by atoms with van der Waals surface area (Å²) in [6.45, 7) is 4.49. The van der Waals surface area contributed by atoms with E-state index >= 15 is 0 Å². The van der Waals surface area contributed by atoms with Crippen molar-refractivity contribution < 1.29 is 4.42 Å². The maximum Gasteiger partial charge on any atom is 0.159 e. The lowest BCUT2D eigenvalue weighted by Crippen LogP contribution is -2.31. The summed E-state index contributed by atoms with van der Waals surface area (Å²) in [7, 11) is 0. The predicted octanol–water partition coefficient (Wildman–Crippen LogP) is 5.46. The SMILES string of the molecule is Cc1ccc(-c2nn(-c3ccccc3)cc2CN2CCc3nc(-c4ccccc4)ncc3C2)o1. The maximum absolute atomic E-state index is 5.95. The van der Waals surface area contributed by atoms with Gasteiger partial charge in [-0.1, -0.05) is 48.5 Å². The molecule has 168 valence electrons. The molecule has 0 spiro atoms. The van der Waals surface area contributed by atoms with Crippen molar-refractivity contribution in [3.63, 3.8) is 0 Å². The molecular weight excluding hydrogens is 422 g/mol. The number of furan rings is 1. The number of hydrogen-bond donors (Lipinski definition) is 0. The summed E-state index contributed by atoms with van der Waals surface area (Å²) in [5, 5.41) is 4.89. The van der Waals surface area contributed by atoms with Gasteiger partial charge < -0.3 is 4.42 Å². The summed E-state index contributed by atoms with van der Waals surface area (Å²) in [5.74, 6) is 2.48. The Morgan fingerprint density at radius 3 is 2.50 bits per heavy atom. The van der Waals surface area contributed by atoms with Crippen molar-refractivity contribution in [3.05, 3.63) is 108 Å². The van der Waals surface area contributed by atoms with Gasteiger partial charge in [-0.2, -0.15) is 5.10 Å². The molecule has 0 amide bonds. The Morgan fingerprint density at radius 2 is 1.74 bits per heavy atom. The van der Waals surface area contributed by atoms with Crippen molar-refractivity contribution >= 4 is 0 Å². The normalized spacial score (nSPS) is 13.7. The van der Waals surface area contributed by atoms with Gasteiger partial charge in [0.15, 0.2) is 11.6 Å². The monoisotopic (exact) mass is 447 g/mol. The van der Waals surface area contributed by atoms with Crippen LogP contribution < -0.4 is 0 Å². The summed E-state index contributed by atoms with van der Waals surface area (Å²) < 4.78 is 7.89. The van der Waals surface area contributed by atoms with Gasteiger partial charge in [0, 0.05) is 55.1 Å². The first kappa shape index (κ1) is 20.6. The topological polar surface area (TPSA) is 60.0 Å². The summed E-state index contributed by atoms with van der Waals surface area (Å²) >= 11 is 0. The van der Waals surface area contributed by atoms with E-state index in [0.29, 0.717) is 0 Å². The van der Waals surface area contributed by atoms with E-state index in [1.807, 2.05) is 66.3 Å². The van der Waals surface area contributed by atoms with E-state index in [1.54, 1.807) is 0 Å². The Hall–Kier alpha value is -4.03. The van der Waals surface area contributed by atoms with Crippen molar-refractivity contribution in [1.82, 2.24) is 24.6 Å². The fourth-order valence-electron chi connectivity index (χ4n) is 4.48. The van der Waals surface area contributed by atoms with E-state index in [-0.39, 0.29) is 0 Å². The predicted molar refractivity (Wildman–Crippen MR) is 131 cm³/mol. The van der Waals surface area contributed by atoms with Crippen molar-refractivity contribution in [2.24, 2.45) is 0 Å². The van der Waals surface area contributed by atoms with E-state index in [9.17, 15) is 0 Å². The molecule has 0 saturated heterocycles. The second-order valence-electron chi connectivity index (χ2n) is 8.69. The first-order valence-electron chi connectivity index (χ1n) is 11.6. The van der Waals surface area contributed by atoms with Gasteiger partial charge in [-0.05, 0) is 31.2 Å². The average molecular weight is 448 g/mol. The molecule has 0 radical (unpaired) electrons. The van der Waals surface area contributed by atoms with E-state index in [4.69, 9.17) is 14.5 Å². The minimum Gasteiger partial charge on any atom is -0.460 e. The lowest BCUT2D eigenvalue weighted by atomic mass is 10.1. The number of nitrogens with zero attached hydrogens (tertiary/aromatic N) is 5. The number of rotatable bonds is 5. The van der Waals surface area contributed by atoms with Crippen LogP contribution in [-0.2, 0) is 19.5 Å². The molecular formula is C28H25N5O. The molecule has 0 aliphatic carbocycles. The van der Waals surface area contributed by atoms with Gasteiger partial charge >= 0.3 is 0 Å². The first-order valence-corrected chi connectivity index (χ1v) is 11.6. The second-order valence-corrected chi connectivity index (χ2v) is 8.69. The molecule has 0 N–H and O–H groups in total. The standard InChI is InChI=1S/C28H25N5O/c1-20-12-13-26(34-20)27-23(19-33(31-27)24-10-6-3-7-11-24)18-32-15-14-25-22(17-32)16-29-28(30-25)21-8-4-2-5-9-21/h2-13,16,19H,14-15,17-18H2,1H3. The highest BCUT2D eigenvalue weighted by atomic mass is 16.3. The molecule has 34 heavy (non-hydrogen) atoms. The molecule has 5 aromatic rings. The Balaban J connectivity index is 1.27. The molecule has 1 aliphatic rings. The minimum absolute atomic E-state index is 0.780. The molecule has 0 fully saturated rings. The number of aryl methyl sites for hydroxylation is 1. The number of para-hydroxylation sites is 1. The third kappa shape index (κ3) is 4.04. The molecule has 0 atom stereocenters. The lowest BCUT2D eigenvalue weighted by molar-refractivity contribution is 0.243. The third-order valence-corrected chi connectivity index (χ3v) is 6.22.